The van der Waals surface area contributed by atoms with E-state index < -0.39 is 5.60 Å². The Morgan fingerprint density at radius 2 is 1.32 bits per heavy atom. The molecule has 1 unspecified atom stereocenters. The molecule has 1 atom stereocenters. The number of hydrogen-bond donors (Lipinski definition) is 0. The van der Waals surface area contributed by atoms with Crippen molar-refractivity contribution in [2.75, 3.05) is 30.0 Å². The minimum atomic E-state index is -1.21. The zero-order chi connectivity index (χ0) is 33.0. The molecule has 0 amide bonds. The predicted octanol–water partition coefficient (Wildman–Crippen LogP) is 9.81. The molecule has 0 aromatic heterocycles. The SMILES string of the molecule is CCN(CC)c1ccc2c(c1)Oc1cc(OC)c(N(c3ccc(C)cc3C)c3ccc(C)cc3C)cc1C21OC(=O)c2ccccc21. The third-order valence-electron chi connectivity index (χ3n) is 9.55. The Bertz CT molecular complexity index is 1990. The predicted molar refractivity (Wildman–Crippen MR) is 188 cm³/mol. The minimum absolute atomic E-state index is 0.356. The highest BCUT2D eigenvalue weighted by atomic mass is 16.6. The number of esters is 1. The zero-order valence-corrected chi connectivity index (χ0v) is 28.1. The second kappa shape index (κ2) is 11.5. The average Bonchev–Trinajstić information content (AvgIpc) is 3.35. The first-order valence-corrected chi connectivity index (χ1v) is 16.3. The van der Waals surface area contributed by atoms with E-state index in [2.05, 4.69) is 112 Å². The topological polar surface area (TPSA) is 51.2 Å². The van der Waals surface area contributed by atoms with Crippen LogP contribution in [-0.4, -0.2) is 26.2 Å². The lowest BCUT2D eigenvalue weighted by Crippen LogP contribution is -2.33. The van der Waals surface area contributed by atoms with E-state index in [9.17, 15) is 4.79 Å². The monoisotopic (exact) mass is 624 g/mol. The lowest BCUT2D eigenvalue weighted by molar-refractivity contribution is 0.0224. The van der Waals surface area contributed by atoms with E-state index in [0.29, 0.717) is 22.8 Å². The molecule has 6 heteroatoms. The van der Waals surface area contributed by atoms with Crippen molar-refractivity contribution in [1.29, 1.82) is 0 Å². The van der Waals surface area contributed by atoms with Gasteiger partial charge in [0.15, 0.2) is 5.60 Å². The highest BCUT2D eigenvalue weighted by Gasteiger charge is 2.54. The molecule has 2 aliphatic heterocycles. The van der Waals surface area contributed by atoms with Crippen molar-refractivity contribution in [3.63, 3.8) is 0 Å². The highest BCUT2D eigenvalue weighted by Crippen LogP contribution is 2.59. The summed E-state index contributed by atoms with van der Waals surface area (Å²) in [4.78, 5) is 18.2. The molecular formula is C41H40N2O4. The number of aryl methyl sites for hydroxylation is 4. The van der Waals surface area contributed by atoms with E-state index in [1.807, 2.05) is 30.3 Å². The number of hydrogen-bond acceptors (Lipinski definition) is 6. The van der Waals surface area contributed by atoms with Gasteiger partial charge in [-0.15, -0.1) is 0 Å². The average molecular weight is 625 g/mol. The Morgan fingerprint density at radius 1 is 0.681 bits per heavy atom. The van der Waals surface area contributed by atoms with Crippen LogP contribution in [0.15, 0.2) is 91.0 Å². The molecular weight excluding hydrogens is 584 g/mol. The van der Waals surface area contributed by atoms with Crippen LogP contribution in [0, 0.1) is 27.7 Å². The van der Waals surface area contributed by atoms with Gasteiger partial charge in [0.05, 0.1) is 18.4 Å². The van der Waals surface area contributed by atoms with Crippen molar-refractivity contribution in [3.05, 3.63) is 136 Å². The van der Waals surface area contributed by atoms with Crippen LogP contribution in [0.25, 0.3) is 0 Å². The number of carbonyl (C=O) groups is 1. The Hall–Kier alpha value is -5.23. The van der Waals surface area contributed by atoms with Crippen LogP contribution in [0.4, 0.5) is 22.7 Å². The maximum absolute atomic E-state index is 13.7. The molecule has 2 heterocycles. The molecule has 7 rings (SSSR count). The van der Waals surface area contributed by atoms with E-state index in [4.69, 9.17) is 14.2 Å². The van der Waals surface area contributed by atoms with Crippen LogP contribution in [0.1, 0.15) is 63.1 Å². The molecule has 0 aliphatic carbocycles. The number of carbonyl (C=O) groups excluding carboxylic acids is 1. The molecule has 0 bridgehead atoms. The van der Waals surface area contributed by atoms with Crippen molar-refractivity contribution >= 4 is 28.7 Å². The number of anilines is 4. The van der Waals surface area contributed by atoms with Crippen LogP contribution >= 0.6 is 0 Å². The largest absolute Gasteiger partial charge is 0.494 e. The van der Waals surface area contributed by atoms with Gasteiger partial charge in [-0.3, -0.25) is 0 Å². The maximum atomic E-state index is 13.7. The Kier molecular flexibility index (Phi) is 7.47. The summed E-state index contributed by atoms with van der Waals surface area (Å²) in [5.41, 5.74) is 10.2. The molecule has 0 saturated carbocycles. The van der Waals surface area contributed by atoms with Crippen LogP contribution in [0.5, 0.6) is 17.2 Å². The number of benzene rings is 5. The smallest absolute Gasteiger partial charge is 0.340 e. The maximum Gasteiger partial charge on any atom is 0.340 e. The van der Waals surface area contributed by atoms with Crippen LogP contribution in [0.2, 0.25) is 0 Å². The number of fused-ring (bicyclic) bond motifs is 6. The molecule has 0 radical (unpaired) electrons. The third kappa shape index (κ3) is 4.73. The van der Waals surface area contributed by atoms with E-state index in [-0.39, 0.29) is 5.97 Å². The van der Waals surface area contributed by atoms with Gasteiger partial charge in [0.2, 0.25) is 0 Å². The first-order chi connectivity index (χ1) is 22.7. The Morgan fingerprint density at radius 3 is 1.94 bits per heavy atom. The van der Waals surface area contributed by atoms with Gasteiger partial charge in [-0.1, -0.05) is 53.6 Å². The summed E-state index contributed by atoms with van der Waals surface area (Å²) in [6.07, 6.45) is 0. The standard InChI is InChI=1S/C41H40N2O4/c1-8-42(9-2)29-16-17-32-37(22-29)46-38-24-39(45-7)36(23-33(38)41(32)31-13-11-10-12-30(31)40(44)47-41)43(34-18-14-25(3)20-27(34)5)35-19-15-26(4)21-28(35)6/h10-24H,8-9H2,1-7H3. The first-order valence-electron chi connectivity index (χ1n) is 16.3. The highest BCUT2D eigenvalue weighted by molar-refractivity contribution is 5.97. The van der Waals surface area contributed by atoms with Gasteiger partial charge >= 0.3 is 5.97 Å². The van der Waals surface area contributed by atoms with Gasteiger partial charge < -0.3 is 24.0 Å². The third-order valence-corrected chi connectivity index (χ3v) is 9.55. The molecule has 5 aromatic carbocycles. The lowest BCUT2D eigenvalue weighted by atomic mass is 9.77. The summed E-state index contributed by atoms with van der Waals surface area (Å²) < 4.78 is 19.5. The fourth-order valence-electron chi connectivity index (χ4n) is 7.30. The molecule has 0 N–H and O–H groups in total. The fourth-order valence-corrected chi connectivity index (χ4v) is 7.30. The Labute approximate surface area is 277 Å². The molecule has 1 spiro atoms. The summed E-state index contributed by atoms with van der Waals surface area (Å²) in [7, 11) is 1.68. The summed E-state index contributed by atoms with van der Waals surface area (Å²) in [6.45, 7) is 14.5. The number of nitrogens with zero attached hydrogens (tertiary/aromatic N) is 2. The number of ether oxygens (including phenoxy) is 3. The van der Waals surface area contributed by atoms with Crippen LogP contribution in [-0.2, 0) is 10.3 Å². The summed E-state index contributed by atoms with van der Waals surface area (Å²) >= 11 is 0. The van der Waals surface area contributed by atoms with Crippen molar-refractivity contribution in [2.45, 2.75) is 47.1 Å². The van der Waals surface area contributed by atoms with Gasteiger partial charge in [0.1, 0.15) is 17.2 Å². The molecule has 6 nitrogen and oxygen atoms in total. The summed E-state index contributed by atoms with van der Waals surface area (Å²) in [6, 6.07) is 30.9. The van der Waals surface area contributed by atoms with Gasteiger partial charge in [0.25, 0.3) is 0 Å². The first kappa shape index (κ1) is 30.4. The quantitative estimate of drug-likeness (QED) is 0.168. The minimum Gasteiger partial charge on any atom is -0.494 e. The van der Waals surface area contributed by atoms with E-state index in [1.54, 1.807) is 7.11 Å². The lowest BCUT2D eigenvalue weighted by Gasteiger charge is -2.39. The van der Waals surface area contributed by atoms with E-state index in [0.717, 1.165) is 63.7 Å². The van der Waals surface area contributed by atoms with Gasteiger partial charge in [-0.2, -0.15) is 0 Å². The number of methoxy groups -OCH3 is 1. The molecule has 0 saturated heterocycles. The number of rotatable bonds is 7. The molecule has 238 valence electrons. The molecule has 2 aliphatic rings. The van der Waals surface area contributed by atoms with Crippen molar-refractivity contribution in [1.82, 2.24) is 0 Å². The zero-order valence-electron chi connectivity index (χ0n) is 28.1. The van der Waals surface area contributed by atoms with Crippen LogP contribution in [0.3, 0.4) is 0 Å². The van der Waals surface area contributed by atoms with Gasteiger partial charge in [0, 0.05) is 59.0 Å². The molecule has 0 fully saturated rings. The van der Waals surface area contributed by atoms with E-state index in [1.165, 1.54) is 11.1 Å². The summed E-state index contributed by atoms with van der Waals surface area (Å²) in [5.74, 6) is 1.52. The van der Waals surface area contributed by atoms with Gasteiger partial charge in [-0.25, -0.2) is 4.79 Å². The van der Waals surface area contributed by atoms with Crippen molar-refractivity contribution in [3.8, 4) is 17.2 Å². The van der Waals surface area contributed by atoms with E-state index >= 15 is 0 Å². The Balaban J connectivity index is 1.54. The molecule has 47 heavy (non-hydrogen) atoms. The second-order valence-electron chi connectivity index (χ2n) is 12.5. The van der Waals surface area contributed by atoms with Crippen molar-refractivity contribution < 1.29 is 19.0 Å². The normalized spacial score (nSPS) is 15.8. The fraction of sp³-hybridized carbons (Fsp3) is 0.244. The van der Waals surface area contributed by atoms with Crippen LogP contribution < -0.4 is 19.3 Å². The van der Waals surface area contributed by atoms with Crippen molar-refractivity contribution in [2.24, 2.45) is 0 Å². The van der Waals surface area contributed by atoms with Gasteiger partial charge in [-0.05, 0) is 89.1 Å². The molecule has 5 aromatic rings. The second-order valence-corrected chi connectivity index (χ2v) is 12.5. The summed E-state index contributed by atoms with van der Waals surface area (Å²) in [5, 5.41) is 0.